The van der Waals surface area contributed by atoms with Gasteiger partial charge in [-0.25, -0.2) is 4.99 Å². The van der Waals surface area contributed by atoms with E-state index in [1.165, 1.54) is 58.3 Å². The topological polar surface area (TPSA) is 52.1 Å². The van der Waals surface area contributed by atoms with Gasteiger partial charge in [-0.1, -0.05) is 24.6 Å². The molecule has 3 rings (SSSR count). The van der Waals surface area contributed by atoms with Crippen molar-refractivity contribution in [1.29, 1.82) is 0 Å². The van der Waals surface area contributed by atoms with Crippen LogP contribution in [0.3, 0.4) is 0 Å². The van der Waals surface area contributed by atoms with Gasteiger partial charge in [0, 0.05) is 24.2 Å². The van der Waals surface area contributed by atoms with Gasteiger partial charge < -0.3 is 20.3 Å². The number of ether oxygens (including phenoxy) is 1. The van der Waals surface area contributed by atoms with Crippen LogP contribution in [0.4, 0.5) is 0 Å². The van der Waals surface area contributed by atoms with E-state index in [4.69, 9.17) is 9.73 Å². The van der Waals surface area contributed by atoms with Gasteiger partial charge in [-0.2, -0.15) is 0 Å². The zero-order chi connectivity index (χ0) is 21.2. The maximum atomic E-state index is 5.77. The van der Waals surface area contributed by atoms with Crippen molar-refractivity contribution in [2.45, 2.75) is 58.0 Å². The highest BCUT2D eigenvalue weighted by Gasteiger charge is 2.39. The van der Waals surface area contributed by atoms with E-state index in [2.05, 4.69) is 46.5 Å². The SMILES string of the molecule is CCNC(=NCc1ccccc1OCC)NCC1(N2CCCCC2)CCN(C)CC1.I. The first-order valence-electron chi connectivity index (χ1n) is 11.8. The van der Waals surface area contributed by atoms with Crippen LogP contribution in [0.1, 0.15) is 51.5 Å². The van der Waals surface area contributed by atoms with Gasteiger partial charge in [0.25, 0.3) is 0 Å². The number of likely N-dealkylation sites (tertiary alicyclic amines) is 2. The number of benzene rings is 1. The molecule has 2 saturated heterocycles. The van der Waals surface area contributed by atoms with Crippen molar-refractivity contribution < 1.29 is 4.74 Å². The smallest absolute Gasteiger partial charge is 0.191 e. The summed E-state index contributed by atoms with van der Waals surface area (Å²) in [5.41, 5.74) is 1.37. The predicted octanol–water partition coefficient (Wildman–Crippen LogP) is 3.71. The highest BCUT2D eigenvalue weighted by atomic mass is 127. The Bertz CT molecular complexity index is 670. The third-order valence-electron chi connectivity index (χ3n) is 6.55. The Morgan fingerprint density at radius 3 is 2.42 bits per heavy atom. The number of hydrogen-bond donors (Lipinski definition) is 2. The Kier molecular flexibility index (Phi) is 11.4. The van der Waals surface area contributed by atoms with Crippen LogP contribution in [0.25, 0.3) is 0 Å². The van der Waals surface area contributed by atoms with Crippen molar-refractivity contribution in [2.75, 3.05) is 52.9 Å². The van der Waals surface area contributed by atoms with Crippen molar-refractivity contribution in [3.63, 3.8) is 0 Å². The minimum absolute atomic E-state index is 0. The number of piperidine rings is 2. The molecule has 1 aromatic rings. The summed E-state index contributed by atoms with van der Waals surface area (Å²) in [5.74, 6) is 1.83. The first-order chi connectivity index (χ1) is 14.7. The summed E-state index contributed by atoms with van der Waals surface area (Å²) in [6.07, 6.45) is 6.50. The van der Waals surface area contributed by atoms with Crippen LogP contribution in [0.2, 0.25) is 0 Å². The summed E-state index contributed by atoms with van der Waals surface area (Å²) in [6.45, 7) is 12.1. The molecule has 176 valence electrons. The number of para-hydroxylation sites is 1. The number of nitrogens with one attached hydrogen (secondary N) is 2. The normalized spacial score (nSPS) is 20.0. The van der Waals surface area contributed by atoms with Gasteiger partial charge in [-0.3, -0.25) is 4.90 Å². The molecule has 0 unspecified atom stereocenters. The molecule has 2 N–H and O–H groups in total. The first kappa shape index (κ1) is 26.2. The van der Waals surface area contributed by atoms with Crippen molar-refractivity contribution >= 4 is 29.9 Å². The lowest BCUT2D eigenvalue weighted by molar-refractivity contribution is 0.0173. The van der Waals surface area contributed by atoms with E-state index in [1.54, 1.807) is 0 Å². The van der Waals surface area contributed by atoms with E-state index in [-0.39, 0.29) is 29.5 Å². The van der Waals surface area contributed by atoms with Gasteiger partial charge in [0.05, 0.1) is 13.2 Å². The molecule has 0 amide bonds. The van der Waals surface area contributed by atoms with Gasteiger partial charge in [-0.15, -0.1) is 24.0 Å². The van der Waals surface area contributed by atoms with Gasteiger partial charge in [0.2, 0.25) is 0 Å². The number of halogens is 1. The molecule has 0 bridgehead atoms. The molecular weight excluding hydrogens is 501 g/mol. The molecule has 0 radical (unpaired) electrons. The average Bonchev–Trinajstić information content (AvgIpc) is 2.79. The first-order valence-corrected chi connectivity index (χ1v) is 11.8. The van der Waals surface area contributed by atoms with Crippen molar-refractivity contribution in [3.8, 4) is 5.75 Å². The average molecular weight is 544 g/mol. The fourth-order valence-electron chi connectivity index (χ4n) is 4.69. The molecule has 6 nitrogen and oxygen atoms in total. The second-order valence-electron chi connectivity index (χ2n) is 8.66. The monoisotopic (exact) mass is 543 g/mol. The van der Waals surface area contributed by atoms with E-state index in [1.807, 2.05) is 19.1 Å². The van der Waals surface area contributed by atoms with Crippen LogP contribution in [0.5, 0.6) is 5.75 Å². The molecule has 0 saturated carbocycles. The second kappa shape index (κ2) is 13.5. The Balaban J connectivity index is 0.00000341. The number of hydrogen-bond acceptors (Lipinski definition) is 4. The lowest BCUT2D eigenvalue weighted by atomic mass is 9.84. The van der Waals surface area contributed by atoms with Crippen LogP contribution in [0, 0.1) is 0 Å². The zero-order valence-corrected chi connectivity index (χ0v) is 22.0. The Morgan fingerprint density at radius 1 is 1.03 bits per heavy atom. The second-order valence-corrected chi connectivity index (χ2v) is 8.66. The standard InChI is InChI=1S/C24H41N5O.HI/c1-4-25-23(26-19-21-11-7-8-12-22(21)30-5-2)27-20-24(13-17-28(3)18-14-24)29-15-9-6-10-16-29;/h7-8,11-12H,4-6,9-10,13-20H2,1-3H3,(H2,25,26,27);1H. The summed E-state index contributed by atoms with van der Waals surface area (Å²) in [4.78, 5) is 10.1. The third kappa shape index (κ3) is 7.49. The number of guanidine groups is 1. The molecule has 0 aliphatic carbocycles. The molecule has 2 aliphatic rings. The molecule has 31 heavy (non-hydrogen) atoms. The van der Waals surface area contributed by atoms with E-state index < -0.39 is 0 Å². The van der Waals surface area contributed by atoms with Crippen LogP contribution in [0.15, 0.2) is 29.3 Å². The molecule has 0 atom stereocenters. The Hall–Kier alpha value is -1.06. The molecule has 2 heterocycles. The van der Waals surface area contributed by atoms with Gasteiger partial charge >= 0.3 is 0 Å². The number of aliphatic imine (C=N–C) groups is 1. The summed E-state index contributed by atoms with van der Waals surface area (Å²) < 4.78 is 5.77. The number of rotatable bonds is 8. The lowest BCUT2D eigenvalue weighted by Crippen LogP contribution is -2.62. The highest BCUT2D eigenvalue weighted by molar-refractivity contribution is 14.0. The van der Waals surface area contributed by atoms with Crippen molar-refractivity contribution in [3.05, 3.63) is 29.8 Å². The van der Waals surface area contributed by atoms with Crippen LogP contribution < -0.4 is 15.4 Å². The van der Waals surface area contributed by atoms with Crippen LogP contribution in [-0.4, -0.2) is 74.2 Å². The Morgan fingerprint density at radius 2 is 1.74 bits per heavy atom. The predicted molar refractivity (Wildman–Crippen MR) is 141 cm³/mol. The number of nitrogens with zero attached hydrogens (tertiary/aromatic N) is 3. The van der Waals surface area contributed by atoms with Gasteiger partial charge in [0.1, 0.15) is 5.75 Å². The quantitative estimate of drug-likeness (QED) is 0.298. The fourth-order valence-corrected chi connectivity index (χ4v) is 4.69. The van der Waals surface area contributed by atoms with E-state index in [9.17, 15) is 0 Å². The summed E-state index contributed by atoms with van der Waals surface area (Å²) in [7, 11) is 2.24. The minimum Gasteiger partial charge on any atom is -0.494 e. The maximum Gasteiger partial charge on any atom is 0.191 e. The van der Waals surface area contributed by atoms with Gasteiger partial charge in [-0.05, 0) is 78.8 Å². The molecule has 2 fully saturated rings. The molecular formula is C24H42IN5O. The Labute approximate surface area is 206 Å². The maximum absolute atomic E-state index is 5.77. The zero-order valence-electron chi connectivity index (χ0n) is 19.7. The molecule has 0 spiro atoms. The van der Waals surface area contributed by atoms with Gasteiger partial charge in [0.15, 0.2) is 5.96 Å². The van der Waals surface area contributed by atoms with Crippen LogP contribution in [-0.2, 0) is 6.54 Å². The summed E-state index contributed by atoms with van der Waals surface area (Å²) >= 11 is 0. The van der Waals surface area contributed by atoms with E-state index in [0.29, 0.717) is 13.2 Å². The van der Waals surface area contributed by atoms with Crippen molar-refractivity contribution in [1.82, 2.24) is 20.4 Å². The summed E-state index contributed by atoms with van der Waals surface area (Å²) in [5, 5.41) is 7.14. The fraction of sp³-hybridized carbons (Fsp3) is 0.708. The van der Waals surface area contributed by atoms with E-state index >= 15 is 0 Å². The largest absolute Gasteiger partial charge is 0.494 e. The highest BCUT2D eigenvalue weighted by Crippen LogP contribution is 2.30. The van der Waals surface area contributed by atoms with Crippen LogP contribution >= 0.6 is 24.0 Å². The minimum atomic E-state index is 0. The molecule has 2 aliphatic heterocycles. The lowest BCUT2D eigenvalue weighted by Gasteiger charge is -2.50. The molecule has 0 aromatic heterocycles. The molecule has 7 heteroatoms. The summed E-state index contributed by atoms with van der Waals surface area (Å²) in [6, 6.07) is 8.20. The third-order valence-corrected chi connectivity index (χ3v) is 6.55. The van der Waals surface area contributed by atoms with E-state index in [0.717, 1.165) is 30.4 Å². The van der Waals surface area contributed by atoms with Crippen molar-refractivity contribution in [2.24, 2.45) is 4.99 Å². The molecule has 1 aromatic carbocycles.